The van der Waals surface area contributed by atoms with E-state index in [1.807, 2.05) is 30.3 Å². The summed E-state index contributed by atoms with van der Waals surface area (Å²) >= 11 is 0. The molecule has 1 atom stereocenters. The van der Waals surface area contributed by atoms with E-state index >= 15 is 0 Å². The van der Waals surface area contributed by atoms with E-state index in [1.54, 1.807) is 4.90 Å². The Morgan fingerprint density at radius 1 is 1.27 bits per heavy atom. The third-order valence-electron chi connectivity index (χ3n) is 3.82. The van der Waals surface area contributed by atoms with Crippen LogP contribution in [0.2, 0.25) is 0 Å². The van der Waals surface area contributed by atoms with Gasteiger partial charge in [-0.3, -0.25) is 4.79 Å². The van der Waals surface area contributed by atoms with Crippen molar-refractivity contribution in [2.45, 2.75) is 31.9 Å². The number of piperidine rings is 1. The lowest BCUT2D eigenvalue weighted by atomic mass is 10.0. The minimum Gasteiger partial charge on any atom is -0.445 e. The number of amides is 2. The predicted octanol–water partition coefficient (Wildman–Crippen LogP) is 1.25. The molecule has 1 aliphatic heterocycles. The molecule has 0 bridgehead atoms. The van der Waals surface area contributed by atoms with E-state index in [0.717, 1.165) is 24.8 Å². The summed E-state index contributed by atoms with van der Waals surface area (Å²) in [6, 6.07) is 9.51. The predicted molar refractivity (Wildman–Crippen MR) is 83.0 cm³/mol. The maximum absolute atomic E-state index is 11.8. The van der Waals surface area contributed by atoms with Crippen molar-refractivity contribution in [1.82, 2.24) is 10.2 Å². The molecule has 2 amide bonds. The largest absolute Gasteiger partial charge is 0.445 e. The fourth-order valence-corrected chi connectivity index (χ4v) is 2.63. The highest BCUT2D eigenvalue weighted by Crippen LogP contribution is 2.16. The van der Waals surface area contributed by atoms with E-state index in [0.29, 0.717) is 13.1 Å². The van der Waals surface area contributed by atoms with Crippen LogP contribution in [0.4, 0.5) is 4.79 Å². The van der Waals surface area contributed by atoms with Crippen LogP contribution in [0.5, 0.6) is 0 Å². The summed E-state index contributed by atoms with van der Waals surface area (Å²) in [6.45, 7) is 1.36. The molecule has 1 unspecified atom stereocenters. The van der Waals surface area contributed by atoms with Gasteiger partial charge in [-0.25, -0.2) is 4.79 Å². The lowest BCUT2D eigenvalue weighted by Crippen LogP contribution is -2.51. The molecule has 1 heterocycles. The second-order valence-corrected chi connectivity index (χ2v) is 5.38. The van der Waals surface area contributed by atoms with Crippen molar-refractivity contribution < 1.29 is 14.3 Å². The molecule has 0 aromatic heterocycles. The van der Waals surface area contributed by atoms with Gasteiger partial charge < -0.3 is 20.7 Å². The number of rotatable bonds is 5. The average molecular weight is 305 g/mol. The van der Waals surface area contributed by atoms with Crippen LogP contribution in [0, 0.1) is 0 Å². The van der Waals surface area contributed by atoms with Gasteiger partial charge in [0.1, 0.15) is 6.61 Å². The number of hydrogen-bond donors (Lipinski definition) is 2. The molecule has 1 aromatic carbocycles. The van der Waals surface area contributed by atoms with Crippen molar-refractivity contribution in [1.29, 1.82) is 0 Å². The topological polar surface area (TPSA) is 84.7 Å². The number of ether oxygens (including phenoxy) is 1. The number of alkyl carbamates (subject to hydrolysis) is 1. The van der Waals surface area contributed by atoms with Crippen LogP contribution in [0.3, 0.4) is 0 Å². The molecule has 0 spiro atoms. The van der Waals surface area contributed by atoms with Crippen molar-refractivity contribution in [2.75, 3.05) is 19.6 Å². The lowest BCUT2D eigenvalue weighted by Gasteiger charge is -2.35. The molecule has 0 radical (unpaired) electrons. The normalized spacial score (nSPS) is 17.9. The highest BCUT2D eigenvalue weighted by Gasteiger charge is 2.26. The molecular formula is C16H23N3O3. The minimum absolute atomic E-state index is 0.00840. The third kappa shape index (κ3) is 4.73. The van der Waals surface area contributed by atoms with Crippen LogP contribution in [-0.4, -0.2) is 42.6 Å². The number of likely N-dealkylation sites (tertiary alicyclic amines) is 1. The van der Waals surface area contributed by atoms with Gasteiger partial charge in [-0.1, -0.05) is 30.3 Å². The van der Waals surface area contributed by atoms with Crippen LogP contribution in [0.1, 0.15) is 24.8 Å². The van der Waals surface area contributed by atoms with Crippen molar-refractivity contribution in [2.24, 2.45) is 5.73 Å². The highest BCUT2D eigenvalue weighted by atomic mass is 16.5. The van der Waals surface area contributed by atoms with E-state index in [4.69, 9.17) is 10.5 Å². The number of hydrogen-bond acceptors (Lipinski definition) is 4. The Bertz CT molecular complexity index is 493. The zero-order valence-electron chi connectivity index (χ0n) is 12.7. The molecule has 6 heteroatoms. The molecule has 3 N–H and O–H groups in total. The molecule has 6 nitrogen and oxygen atoms in total. The Morgan fingerprint density at radius 2 is 2.05 bits per heavy atom. The Morgan fingerprint density at radius 3 is 2.77 bits per heavy atom. The fourth-order valence-electron chi connectivity index (χ4n) is 2.63. The summed E-state index contributed by atoms with van der Waals surface area (Å²) in [6.07, 6.45) is 2.46. The molecule has 1 aromatic rings. The number of nitrogens with one attached hydrogen (secondary N) is 1. The fraction of sp³-hybridized carbons (Fsp3) is 0.500. The first kappa shape index (κ1) is 16.3. The van der Waals surface area contributed by atoms with Gasteiger partial charge in [-0.15, -0.1) is 0 Å². The molecule has 1 fully saturated rings. The second-order valence-electron chi connectivity index (χ2n) is 5.38. The van der Waals surface area contributed by atoms with E-state index < -0.39 is 6.09 Å². The van der Waals surface area contributed by atoms with Gasteiger partial charge >= 0.3 is 6.09 Å². The lowest BCUT2D eigenvalue weighted by molar-refractivity contribution is -0.133. The van der Waals surface area contributed by atoms with Gasteiger partial charge in [-0.05, 0) is 24.8 Å². The Hall–Kier alpha value is -2.08. The standard InChI is InChI=1S/C16H23N3O3/c17-10-15(20)19-9-5-4-8-14(19)11-18-16(21)22-12-13-6-2-1-3-7-13/h1-3,6-7,14H,4-5,8-12,17H2,(H,18,21). The molecule has 22 heavy (non-hydrogen) atoms. The van der Waals surface area contributed by atoms with Gasteiger partial charge in [-0.2, -0.15) is 0 Å². The first-order chi connectivity index (χ1) is 10.7. The average Bonchev–Trinajstić information content (AvgIpc) is 2.58. The molecule has 2 rings (SSSR count). The van der Waals surface area contributed by atoms with E-state index in [9.17, 15) is 9.59 Å². The van der Waals surface area contributed by atoms with E-state index in [2.05, 4.69) is 5.32 Å². The summed E-state index contributed by atoms with van der Waals surface area (Å²) < 4.78 is 5.16. The van der Waals surface area contributed by atoms with E-state index in [-0.39, 0.29) is 25.1 Å². The SMILES string of the molecule is NCC(=O)N1CCCCC1CNC(=O)OCc1ccccc1. The number of nitrogens with zero attached hydrogens (tertiary/aromatic N) is 1. The first-order valence-corrected chi connectivity index (χ1v) is 7.65. The van der Waals surface area contributed by atoms with Crippen LogP contribution >= 0.6 is 0 Å². The van der Waals surface area contributed by atoms with Gasteiger partial charge in [0, 0.05) is 19.1 Å². The smallest absolute Gasteiger partial charge is 0.407 e. The first-order valence-electron chi connectivity index (χ1n) is 7.65. The summed E-state index contributed by atoms with van der Waals surface area (Å²) in [4.78, 5) is 25.3. The Kier molecular flexibility index (Phi) is 6.21. The second kappa shape index (κ2) is 8.38. The Labute approximate surface area is 130 Å². The van der Waals surface area contributed by atoms with Gasteiger partial charge in [0.25, 0.3) is 0 Å². The Balaban J connectivity index is 1.75. The van der Waals surface area contributed by atoms with Crippen molar-refractivity contribution in [3.63, 3.8) is 0 Å². The van der Waals surface area contributed by atoms with Gasteiger partial charge in [0.2, 0.25) is 5.91 Å². The van der Waals surface area contributed by atoms with Crippen LogP contribution in [0.25, 0.3) is 0 Å². The maximum Gasteiger partial charge on any atom is 0.407 e. The van der Waals surface area contributed by atoms with Gasteiger partial charge in [0.05, 0.1) is 6.54 Å². The summed E-state index contributed by atoms with van der Waals surface area (Å²) in [5, 5.41) is 2.74. The van der Waals surface area contributed by atoms with Gasteiger partial charge in [0.15, 0.2) is 0 Å². The van der Waals surface area contributed by atoms with Crippen molar-refractivity contribution in [3.8, 4) is 0 Å². The monoisotopic (exact) mass is 305 g/mol. The zero-order chi connectivity index (χ0) is 15.8. The molecular weight excluding hydrogens is 282 g/mol. The molecule has 0 saturated carbocycles. The van der Waals surface area contributed by atoms with E-state index in [1.165, 1.54) is 0 Å². The van der Waals surface area contributed by atoms with Crippen LogP contribution < -0.4 is 11.1 Å². The molecule has 120 valence electrons. The summed E-state index contributed by atoms with van der Waals surface area (Å²) in [5.74, 6) is -0.0656. The number of carbonyl (C=O) groups is 2. The maximum atomic E-state index is 11.8. The zero-order valence-corrected chi connectivity index (χ0v) is 12.7. The summed E-state index contributed by atoms with van der Waals surface area (Å²) in [7, 11) is 0. The minimum atomic E-state index is -0.463. The van der Waals surface area contributed by atoms with Crippen LogP contribution in [-0.2, 0) is 16.1 Å². The van der Waals surface area contributed by atoms with Crippen LogP contribution in [0.15, 0.2) is 30.3 Å². The number of benzene rings is 1. The molecule has 1 aliphatic rings. The van der Waals surface area contributed by atoms with Crippen molar-refractivity contribution in [3.05, 3.63) is 35.9 Å². The third-order valence-corrected chi connectivity index (χ3v) is 3.82. The molecule has 1 saturated heterocycles. The number of nitrogens with two attached hydrogens (primary N) is 1. The summed E-state index contributed by atoms with van der Waals surface area (Å²) in [5.41, 5.74) is 6.37. The van der Waals surface area contributed by atoms with Crippen molar-refractivity contribution >= 4 is 12.0 Å². The molecule has 0 aliphatic carbocycles. The number of carbonyl (C=O) groups excluding carboxylic acids is 2. The quantitative estimate of drug-likeness (QED) is 0.857. The highest BCUT2D eigenvalue weighted by molar-refractivity contribution is 5.78.